The van der Waals surface area contributed by atoms with Gasteiger partial charge in [0.2, 0.25) is 0 Å². The topological polar surface area (TPSA) is 13.1 Å². The number of aryl methyl sites for hydroxylation is 3. The van der Waals surface area contributed by atoms with Crippen LogP contribution in [0.2, 0.25) is 0 Å². The minimum atomic E-state index is 0.214. The molecule has 16 heavy (non-hydrogen) atoms. The van der Waals surface area contributed by atoms with Crippen molar-refractivity contribution < 1.29 is 4.42 Å². The Morgan fingerprint density at radius 2 is 1.81 bits per heavy atom. The van der Waals surface area contributed by atoms with E-state index in [-0.39, 0.29) is 4.83 Å². The highest BCUT2D eigenvalue weighted by molar-refractivity contribution is 9.09. The number of furan rings is 1. The van der Waals surface area contributed by atoms with Crippen LogP contribution in [0.4, 0.5) is 0 Å². The molecule has 0 spiro atoms. The van der Waals surface area contributed by atoms with Gasteiger partial charge in [0.15, 0.2) is 0 Å². The Morgan fingerprint density at radius 1 is 1.06 bits per heavy atom. The maximum Gasteiger partial charge on any atom is 0.105 e. The van der Waals surface area contributed by atoms with Crippen molar-refractivity contribution >= 4 is 15.9 Å². The lowest BCUT2D eigenvalue weighted by molar-refractivity contribution is 0.530. The van der Waals surface area contributed by atoms with Crippen molar-refractivity contribution in [2.24, 2.45) is 0 Å². The molecule has 84 valence electrons. The highest BCUT2D eigenvalue weighted by atomic mass is 79.9. The molecule has 1 aromatic heterocycles. The van der Waals surface area contributed by atoms with Gasteiger partial charge in [-0.3, -0.25) is 0 Å². The Kier molecular flexibility index (Phi) is 3.20. The van der Waals surface area contributed by atoms with Gasteiger partial charge >= 0.3 is 0 Å². The third kappa shape index (κ3) is 2.07. The van der Waals surface area contributed by atoms with Crippen LogP contribution in [0.25, 0.3) is 0 Å². The van der Waals surface area contributed by atoms with Crippen LogP contribution >= 0.6 is 15.9 Å². The Bertz CT molecular complexity index is 499. The second-order valence-corrected chi connectivity index (χ2v) is 5.07. The van der Waals surface area contributed by atoms with Crippen molar-refractivity contribution in [3.05, 3.63) is 58.5 Å². The molecule has 2 rings (SSSR count). The number of halogens is 1. The molecule has 0 bridgehead atoms. The van der Waals surface area contributed by atoms with Gasteiger partial charge in [-0.25, -0.2) is 0 Å². The molecular weight excluding hydrogens is 264 g/mol. The predicted octanol–water partition coefficient (Wildman–Crippen LogP) is 4.69. The molecule has 1 heterocycles. The molecule has 0 N–H and O–H groups in total. The Labute approximate surface area is 105 Å². The molecule has 1 atom stereocenters. The third-order valence-corrected chi connectivity index (χ3v) is 3.87. The predicted molar refractivity (Wildman–Crippen MR) is 70.1 cm³/mol. The second kappa shape index (κ2) is 4.46. The van der Waals surface area contributed by atoms with E-state index in [1.807, 2.05) is 13.0 Å². The Balaban J connectivity index is 2.45. The highest BCUT2D eigenvalue weighted by Gasteiger charge is 2.16. The van der Waals surface area contributed by atoms with Gasteiger partial charge in [0, 0.05) is 5.56 Å². The third-order valence-electron chi connectivity index (χ3n) is 2.88. The first kappa shape index (κ1) is 11.5. The molecule has 0 saturated heterocycles. The summed E-state index contributed by atoms with van der Waals surface area (Å²) in [6, 6.07) is 8.55. The van der Waals surface area contributed by atoms with Gasteiger partial charge in [0.25, 0.3) is 0 Å². The van der Waals surface area contributed by atoms with E-state index in [1.165, 1.54) is 22.3 Å². The number of benzene rings is 1. The molecule has 2 heteroatoms. The smallest absolute Gasteiger partial charge is 0.105 e. The average Bonchev–Trinajstić information content (AvgIpc) is 2.67. The van der Waals surface area contributed by atoms with Crippen LogP contribution in [-0.2, 0) is 0 Å². The second-order valence-electron chi connectivity index (χ2n) is 4.15. The summed E-state index contributed by atoms with van der Waals surface area (Å²) in [4.78, 5) is 0.214. The lowest BCUT2D eigenvalue weighted by atomic mass is 9.99. The average molecular weight is 279 g/mol. The SMILES string of the molecule is Cc1ccc(C)c(C(Br)c2ccoc2C)c1. The van der Waals surface area contributed by atoms with Crippen molar-refractivity contribution in [3.63, 3.8) is 0 Å². The fourth-order valence-electron chi connectivity index (χ4n) is 1.86. The zero-order valence-corrected chi connectivity index (χ0v) is 11.3. The molecular formula is C14H15BrO. The molecule has 0 fully saturated rings. The van der Waals surface area contributed by atoms with Gasteiger partial charge in [-0.15, -0.1) is 0 Å². The summed E-state index contributed by atoms with van der Waals surface area (Å²) in [5.41, 5.74) is 5.09. The first-order chi connectivity index (χ1) is 7.59. The molecule has 1 unspecified atom stereocenters. The molecule has 0 amide bonds. The summed E-state index contributed by atoms with van der Waals surface area (Å²) in [5, 5.41) is 0. The molecule has 0 aliphatic rings. The summed E-state index contributed by atoms with van der Waals surface area (Å²) in [6.07, 6.45) is 1.74. The maximum absolute atomic E-state index is 5.35. The van der Waals surface area contributed by atoms with Crippen molar-refractivity contribution in [1.82, 2.24) is 0 Å². The van der Waals surface area contributed by atoms with Crippen LogP contribution in [0.15, 0.2) is 34.9 Å². The first-order valence-electron chi connectivity index (χ1n) is 5.35. The van der Waals surface area contributed by atoms with Crippen LogP contribution in [-0.4, -0.2) is 0 Å². The fourth-order valence-corrected chi connectivity index (χ4v) is 2.83. The highest BCUT2D eigenvalue weighted by Crippen LogP contribution is 2.35. The molecule has 0 radical (unpaired) electrons. The van der Waals surface area contributed by atoms with E-state index in [2.05, 4.69) is 48.0 Å². The van der Waals surface area contributed by atoms with Crippen LogP contribution in [0.1, 0.15) is 32.8 Å². The monoisotopic (exact) mass is 278 g/mol. The molecule has 0 aliphatic carbocycles. The molecule has 1 aromatic carbocycles. The summed E-state index contributed by atoms with van der Waals surface area (Å²) < 4.78 is 5.35. The molecule has 0 aliphatic heterocycles. The van der Waals surface area contributed by atoms with Crippen molar-refractivity contribution in [2.75, 3.05) is 0 Å². The zero-order chi connectivity index (χ0) is 11.7. The van der Waals surface area contributed by atoms with Crippen LogP contribution in [0.3, 0.4) is 0 Å². The standard InChI is InChI=1S/C14H15BrO/c1-9-4-5-10(2)13(8-9)14(15)12-6-7-16-11(12)3/h4-8,14H,1-3H3. The van der Waals surface area contributed by atoms with Gasteiger partial charge in [0.1, 0.15) is 5.76 Å². The van der Waals surface area contributed by atoms with E-state index in [4.69, 9.17) is 4.42 Å². The van der Waals surface area contributed by atoms with Gasteiger partial charge in [-0.1, -0.05) is 39.7 Å². The normalized spacial score (nSPS) is 12.8. The van der Waals surface area contributed by atoms with Crippen LogP contribution in [0, 0.1) is 20.8 Å². The minimum Gasteiger partial charge on any atom is -0.469 e. The number of hydrogen-bond donors (Lipinski definition) is 0. The van der Waals surface area contributed by atoms with E-state index < -0.39 is 0 Å². The fraction of sp³-hybridized carbons (Fsp3) is 0.286. The first-order valence-corrected chi connectivity index (χ1v) is 6.26. The lowest BCUT2D eigenvalue weighted by Gasteiger charge is -2.13. The zero-order valence-electron chi connectivity index (χ0n) is 9.75. The Hall–Kier alpha value is -1.02. The van der Waals surface area contributed by atoms with E-state index >= 15 is 0 Å². The molecule has 1 nitrogen and oxygen atoms in total. The summed E-state index contributed by atoms with van der Waals surface area (Å²) in [6.45, 7) is 6.25. The van der Waals surface area contributed by atoms with Crippen molar-refractivity contribution in [2.45, 2.75) is 25.6 Å². The van der Waals surface area contributed by atoms with E-state index in [0.717, 1.165) is 5.76 Å². The van der Waals surface area contributed by atoms with Crippen LogP contribution in [0.5, 0.6) is 0 Å². The van der Waals surface area contributed by atoms with Gasteiger partial charge < -0.3 is 4.42 Å². The van der Waals surface area contributed by atoms with E-state index in [0.29, 0.717) is 0 Å². The number of hydrogen-bond acceptors (Lipinski definition) is 1. The maximum atomic E-state index is 5.35. The van der Waals surface area contributed by atoms with Gasteiger partial charge in [-0.05, 0) is 38.0 Å². The van der Waals surface area contributed by atoms with Crippen molar-refractivity contribution in [3.8, 4) is 0 Å². The van der Waals surface area contributed by atoms with Gasteiger partial charge in [0.05, 0.1) is 11.1 Å². The lowest BCUT2D eigenvalue weighted by Crippen LogP contribution is -1.96. The summed E-state index contributed by atoms with van der Waals surface area (Å²) in [5.74, 6) is 0.975. The Morgan fingerprint density at radius 3 is 2.44 bits per heavy atom. The number of rotatable bonds is 2. The van der Waals surface area contributed by atoms with E-state index in [1.54, 1.807) is 6.26 Å². The molecule has 2 aromatic rings. The number of alkyl halides is 1. The summed E-state index contributed by atoms with van der Waals surface area (Å²) >= 11 is 3.75. The summed E-state index contributed by atoms with van der Waals surface area (Å²) in [7, 11) is 0. The largest absolute Gasteiger partial charge is 0.469 e. The quantitative estimate of drug-likeness (QED) is 0.727. The van der Waals surface area contributed by atoms with Crippen LogP contribution < -0.4 is 0 Å². The molecule has 0 saturated carbocycles. The van der Waals surface area contributed by atoms with E-state index in [9.17, 15) is 0 Å². The minimum absolute atomic E-state index is 0.214. The van der Waals surface area contributed by atoms with Gasteiger partial charge in [-0.2, -0.15) is 0 Å². The van der Waals surface area contributed by atoms with Crippen molar-refractivity contribution in [1.29, 1.82) is 0 Å².